The summed E-state index contributed by atoms with van der Waals surface area (Å²) < 4.78 is 5.76. The number of unbranched alkanes of at least 4 members (excludes halogenated alkanes) is 6. The second-order valence-corrected chi connectivity index (χ2v) is 7.74. The van der Waals surface area contributed by atoms with Crippen LogP contribution in [0.15, 0.2) is 0 Å². The molecule has 0 unspecified atom stereocenters. The largest absolute Gasteiger partial charge is 0.383 e. The Kier molecular flexibility index (Phi) is 11.4. The molecule has 0 aliphatic carbocycles. The fourth-order valence-electron chi connectivity index (χ4n) is 2.47. The molecule has 0 aromatic carbocycles. The number of Topliss-reactive ketones (excluding diaryl/α,β-unsaturated/α-hetero) is 2. The van der Waals surface area contributed by atoms with E-state index in [0.717, 1.165) is 32.1 Å². The predicted molar refractivity (Wildman–Crippen MR) is 98.2 cm³/mol. The van der Waals surface area contributed by atoms with Crippen LogP contribution in [0.1, 0.15) is 98.8 Å². The molecule has 0 saturated heterocycles. The second-order valence-electron chi connectivity index (χ2n) is 7.74. The molecular weight excluding hydrogens is 304 g/mol. The Balaban J connectivity index is 3.79. The van der Waals surface area contributed by atoms with Gasteiger partial charge in [-0.2, -0.15) is 0 Å². The number of ether oxygens (including phenoxy) is 1. The van der Waals surface area contributed by atoms with E-state index in [0.29, 0.717) is 19.4 Å². The summed E-state index contributed by atoms with van der Waals surface area (Å²) in [5.74, 6) is 0.0539. The first-order valence-electron chi connectivity index (χ1n) is 9.54. The number of carbonyl (C=O) groups excluding carboxylic acids is 2. The van der Waals surface area contributed by atoms with Gasteiger partial charge in [0.1, 0.15) is 11.2 Å². The third-order valence-electron chi connectivity index (χ3n) is 4.37. The molecule has 4 heteroatoms. The molecule has 24 heavy (non-hydrogen) atoms. The first kappa shape index (κ1) is 23.3. The molecule has 0 heterocycles. The summed E-state index contributed by atoms with van der Waals surface area (Å²) in [6.45, 7) is 9.45. The van der Waals surface area contributed by atoms with Gasteiger partial charge in [-0.05, 0) is 47.0 Å². The van der Waals surface area contributed by atoms with Crippen LogP contribution in [0.5, 0.6) is 0 Å². The third kappa shape index (κ3) is 10.9. The summed E-state index contributed by atoms with van der Waals surface area (Å²) >= 11 is 0. The molecule has 0 aromatic heterocycles. The number of ketones is 2. The van der Waals surface area contributed by atoms with Crippen molar-refractivity contribution in [2.75, 3.05) is 6.61 Å². The Labute approximate surface area is 148 Å². The summed E-state index contributed by atoms with van der Waals surface area (Å²) in [5, 5.41) is 9.56. The molecule has 0 spiro atoms. The van der Waals surface area contributed by atoms with Crippen molar-refractivity contribution in [2.45, 2.75) is 110 Å². The van der Waals surface area contributed by atoms with Crippen molar-refractivity contribution in [3.8, 4) is 0 Å². The van der Waals surface area contributed by atoms with E-state index in [-0.39, 0.29) is 11.6 Å². The van der Waals surface area contributed by atoms with Crippen molar-refractivity contribution in [3.63, 3.8) is 0 Å². The van der Waals surface area contributed by atoms with E-state index in [1.54, 1.807) is 0 Å². The molecule has 0 aliphatic rings. The molecule has 0 rings (SSSR count). The van der Waals surface area contributed by atoms with Gasteiger partial charge in [-0.1, -0.05) is 39.0 Å². The van der Waals surface area contributed by atoms with Crippen LogP contribution < -0.4 is 0 Å². The van der Waals surface area contributed by atoms with Crippen molar-refractivity contribution in [2.24, 2.45) is 0 Å². The smallest absolute Gasteiger partial charge is 0.164 e. The minimum Gasteiger partial charge on any atom is -0.383 e. The van der Waals surface area contributed by atoms with Gasteiger partial charge in [0.25, 0.3) is 0 Å². The van der Waals surface area contributed by atoms with Crippen molar-refractivity contribution >= 4 is 11.6 Å². The summed E-state index contributed by atoms with van der Waals surface area (Å²) in [6, 6.07) is 0. The standard InChI is InChI=1S/C20H38O4/c1-6-7-8-9-11-15-18(22)20(4,5)24-16-13-10-12-14-17(21)19(2,3)23/h23H,6-16H2,1-5H3. The molecule has 0 atom stereocenters. The first-order valence-corrected chi connectivity index (χ1v) is 9.54. The van der Waals surface area contributed by atoms with Gasteiger partial charge in [-0.15, -0.1) is 0 Å². The molecule has 0 saturated carbocycles. The lowest BCUT2D eigenvalue weighted by molar-refractivity contribution is -0.140. The third-order valence-corrected chi connectivity index (χ3v) is 4.37. The topological polar surface area (TPSA) is 63.6 Å². The Morgan fingerprint density at radius 1 is 0.792 bits per heavy atom. The highest BCUT2D eigenvalue weighted by Gasteiger charge is 2.27. The van der Waals surface area contributed by atoms with Gasteiger partial charge in [-0.25, -0.2) is 0 Å². The van der Waals surface area contributed by atoms with Gasteiger partial charge in [0.2, 0.25) is 0 Å². The summed E-state index contributed by atoms with van der Waals surface area (Å²) in [6.07, 6.45) is 9.14. The van der Waals surface area contributed by atoms with Crippen LogP contribution in [0.25, 0.3) is 0 Å². The molecular formula is C20H38O4. The van der Waals surface area contributed by atoms with E-state index in [9.17, 15) is 14.7 Å². The van der Waals surface area contributed by atoms with Gasteiger partial charge in [0.15, 0.2) is 11.6 Å². The highest BCUT2D eigenvalue weighted by Crippen LogP contribution is 2.17. The fourth-order valence-corrected chi connectivity index (χ4v) is 2.47. The molecule has 0 amide bonds. The lowest BCUT2D eigenvalue weighted by Crippen LogP contribution is -2.35. The number of carbonyl (C=O) groups is 2. The van der Waals surface area contributed by atoms with E-state index >= 15 is 0 Å². The van der Waals surface area contributed by atoms with E-state index in [1.807, 2.05) is 13.8 Å². The number of rotatable bonds is 15. The zero-order valence-electron chi connectivity index (χ0n) is 16.5. The number of aliphatic hydroxyl groups is 1. The van der Waals surface area contributed by atoms with Crippen LogP contribution in [-0.2, 0) is 14.3 Å². The van der Waals surface area contributed by atoms with E-state index in [1.165, 1.54) is 33.1 Å². The Bertz CT molecular complexity index is 366. The quantitative estimate of drug-likeness (QED) is 0.441. The van der Waals surface area contributed by atoms with Gasteiger partial charge in [0, 0.05) is 19.4 Å². The maximum atomic E-state index is 12.2. The average molecular weight is 343 g/mol. The zero-order valence-corrected chi connectivity index (χ0v) is 16.5. The van der Waals surface area contributed by atoms with Crippen LogP contribution in [0.3, 0.4) is 0 Å². The lowest BCUT2D eigenvalue weighted by Gasteiger charge is -2.24. The van der Waals surface area contributed by atoms with E-state index in [4.69, 9.17) is 4.74 Å². The van der Waals surface area contributed by atoms with Crippen molar-refractivity contribution in [1.29, 1.82) is 0 Å². The minimum atomic E-state index is -1.23. The monoisotopic (exact) mass is 342 g/mol. The number of hydrogen-bond donors (Lipinski definition) is 1. The Morgan fingerprint density at radius 3 is 1.83 bits per heavy atom. The van der Waals surface area contributed by atoms with Crippen LogP contribution >= 0.6 is 0 Å². The second kappa shape index (κ2) is 11.8. The Hall–Kier alpha value is -0.740. The Morgan fingerprint density at radius 2 is 1.29 bits per heavy atom. The summed E-state index contributed by atoms with van der Waals surface area (Å²) in [7, 11) is 0. The van der Waals surface area contributed by atoms with Crippen molar-refractivity contribution in [1.82, 2.24) is 0 Å². The maximum Gasteiger partial charge on any atom is 0.164 e. The molecule has 4 nitrogen and oxygen atoms in total. The van der Waals surface area contributed by atoms with Crippen molar-refractivity contribution in [3.05, 3.63) is 0 Å². The van der Waals surface area contributed by atoms with Gasteiger partial charge >= 0.3 is 0 Å². The minimum absolute atomic E-state index is 0.123. The molecule has 0 bridgehead atoms. The molecule has 0 radical (unpaired) electrons. The zero-order chi connectivity index (χ0) is 18.6. The highest BCUT2D eigenvalue weighted by atomic mass is 16.5. The normalized spacial score (nSPS) is 12.4. The molecule has 142 valence electrons. The predicted octanol–water partition coefficient (Wildman–Crippen LogP) is 4.61. The molecule has 0 aromatic rings. The summed E-state index contributed by atoms with van der Waals surface area (Å²) in [4.78, 5) is 23.8. The van der Waals surface area contributed by atoms with Crippen LogP contribution in [0, 0.1) is 0 Å². The molecule has 0 aliphatic heterocycles. The van der Waals surface area contributed by atoms with Gasteiger partial charge in [-0.3, -0.25) is 9.59 Å². The number of hydrogen-bond acceptors (Lipinski definition) is 4. The first-order chi connectivity index (χ1) is 11.1. The summed E-state index contributed by atoms with van der Waals surface area (Å²) in [5.41, 5.74) is -1.95. The van der Waals surface area contributed by atoms with Gasteiger partial charge in [0.05, 0.1) is 0 Å². The molecule has 1 N–H and O–H groups in total. The fraction of sp³-hybridized carbons (Fsp3) is 0.900. The van der Waals surface area contributed by atoms with Crippen LogP contribution in [0.4, 0.5) is 0 Å². The van der Waals surface area contributed by atoms with Crippen LogP contribution in [0.2, 0.25) is 0 Å². The van der Waals surface area contributed by atoms with E-state index < -0.39 is 11.2 Å². The van der Waals surface area contributed by atoms with Crippen molar-refractivity contribution < 1.29 is 19.4 Å². The lowest BCUT2D eigenvalue weighted by atomic mass is 9.97. The molecule has 0 fully saturated rings. The SMILES string of the molecule is CCCCCCCC(=O)C(C)(C)OCCCCCC(=O)C(C)(C)O. The maximum absolute atomic E-state index is 12.2. The highest BCUT2D eigenvalue weighted by molar-refractivity contribution is 5.86. The van der Waals surface area contributed by atoms with Crippen LogP contribution in [-0.4, -0.2) is 34.5 Å². The average Bonchev–Trinajstić information content (AvgIpc) is 2.49. The van der Waals surface area contributed by atoms with E-state index in [2.05, 4.69) is 6.92 Å². The van der Waals surface area contributed by atoms with Gasteiger partial charge < -0.3 is 9.84 Å².